The van der Waals surface area contributed by atoms with Gasteiger partial charge >= 0.3 is 0 Å². The molecule has 0 amide bonds. The standard InChI is InChI=1S/C18H26BrN3O2S/c1-17(2)13-22(9-10-25(17,23)24)16(20-3)21-12-18(7-8-18)14-5-4-6-15(19)11-14/h4-6,11H,7-10,12-13H2,1-3H3,(H,20,21). The summed E-state index contributed by atoms with van der Waals surface area (Å²) >= 11 is 3.55. The largest absolute Gasteiger partial charge is 0.355 e. The zero-order valence-corrected chi connectivity index (χ0v) is 17.5. The number of nitrogens with one attached hydrogen (secondary N) is 1. The molecule has 1 aromatic rings. The predicted molar refractivity (Wildman–Crippen MR) is 106 cm³/mol. The third-order valence-electron chi connectivity index (χ3n) is 5.43. The molecule has 1 aliphatic heterocycles. The molecule has 1 saturated carbocycles. The van der Waals surface area contributed by atoms with Crippen LogP contribution in [0.15, 0.2) is 33.7 Å². The third kappa shape index (κ3) is 3.72. The van der Waals surface area contributed by atoms with Crippen molar-refractivity contribution in [1.82, 2.24) is 10.2 Å². The van der Waals surface area contributed by atoms with E-state index in [-0.39, 0.29) is 11.2 Å². The SMILES string of the molecule is CN=C(NCC1(c2cccc(Br)c2)CC1)N1CCS(=O)(=O)C(C)(C)C1. The van der Waals surface area contributed by atoms with Gasteiger partial charge < -0.3 is 10.2 Å². The van der Waals surface area contributed by atoms with Crippen molar-refractivity contribution in [2.24, 2.45) is 4.99 Å². The van der Waals surface area contributed by atoms with E-state index < -0.39 is 14.6 Å². The van der Waals surface area contributed by atoms with E-state index in [2.05, 4.69) is 49.3 Å². The van der Waals surface area contributed by atoms with E-state index in [1.165, 1.54) is 5.56 Å². The zero-order valence-electron chi connectivity index (χ0n) is 15.0. The molecule has 1 heterocycles. The number of aliphatic imine (C=N–C) groups is 1. The smallest absolute Gasteiger partial charge is 0.193 e. The highest BCUT2D eigenvalue weighted by Crippen LogP contribution is 2.48. The molecule has 1 aliphatic carbocycles. The number of hydrogen-bond acceptors (Lipinski definition) is 3. The molecule has 0 atom stereocenters. The Morgan fingerprint density at radius 1 is 1.36 bits per heavy atom. The van der Waals surface area contributed by atoms with E-state index in [0.717, 1.165) is 29.8 Å². The number of halogens is 1. The molecular weight excluding hydrogens is 402 g/mol. The van der Waals surface area contributed by atoms with Crippen molar-refractivity contribution < 1.29 is 8.42 Å². The second-order valence-corrected chi connectivity index (χ2v) is 11.4. The van der Waals surface area contributed by atoms with Gasteiger partial charge in [-0.15, -0.1) is 0 Å². The lowest BCUT2D eigenvalue weighted by Gasteiger charge is -2.39. The van der Waals surface area contributed by atoms with Crippen molar-refractivity contribution in [3.05, 3.63) is 34.3 Å². The minimum absolute atomic E-state index is 0.164. The molecular formula is C18H26BrN3O2S. The molecule has 0 unspecified atom stereocenters. The van der Waals surface area contributed by atoms with Crippen molar-refractivity contribution >= 4 is 31.7 Å². The maximum atomic E-state index is 12.2. The summed E-state index contributed by atoms with van der Waals surface area (Å²) in [6.45, 7) is 5.38. The molecule has 0 radical (unpaired) electrons. The molecule has 7 heteroatoms. The highest BCUT2D eigenvalue weighted by molar-refractivity contribution is 9.10. The molecule has 2 aliphatic rings. The Bertz CT molecular complexity index is 785. The van der Waals surface area contributed by atoms with Crippen molar-refractivity contribution in [2.75, 3.05) is 32.4 Å². The summed E-state index contributed by atoms with van der Waals surface area (Å²) in [4.78, 5) is 6.46. The van der Waals surface area contributed by atoms with Gasteiger partial charge in [-0.25, -0.2) is 8.42 Å². The Morgan fingerprint density at radius 2 is 2.08 bits per heavy atom. The molecule has 0 spiro atoms. The minimum Gasteiger partial charge on any atom is -0.355 e. The average Bonchev–Trinajstić information content (AvgIpc) is 3.32. The minimum atomic E-state index is -3.04. The lowest BCUT2D eigenvalue weighted by atomic mass is 9.96. The van der Waals surface area contributed by atoms with E-state index in [9.17, 15) is 8.42 Å². The topological polar surface area (TPSA) is 61.8 Å². The van der Waals surface area contributed by atoms with Crippen LogP contribution in [0.25, 0.3) is 0 Å². The summed E-state index contributed by atoms with van der Waals surface area (Å²) in [5, 5.41) is 3.49. The van der Waals surface area contributed by atoms with Gasteiger partial charge in [-0.05, 0) is 44.4 Å². The van der Waals surface area contributed by atoms with Gasteiger partial charge in [0.25, 0.3) is 0 Å². The molecule has 1 N–H and O–H groups in total. The molecule has 1 saturated heterocycles. The third-order valence-corrected chi connectivity index (χ3v) is 8.46. The van der Waals surface area contributed by atoms with Crippen LogP contribution in [0.4, 0.5) is 0 Å². The Balaban J connectivity index is 1.68. The van der Waals surface area contributed by atoms with Gasteiger partial charge in [-0.2, -0.15) is 0 Å². The number of hydrogen-bond donors (Lipinski definition) is 1. The monoisotopic (exact) mass is 427 g/mol. The summed E-state index contributed by atoms with van der Waals surface area (Å²) in [6.07, 6.45) is 2.32. The van der Waals surface area contributed by atoms with Gasteiger partial charge in [0.05, 0.1) is 10.5 Å². The molecule has 0 bridgehead atoms. The van der Waals surface area contributed by atoms with Crippen molar-refractivity contribution in [2.45, 2.75) is 36.9 Å². The van der Waals surface area contributed by atoms with Crippen LogP contribution < -0.4 is 5.32 Å². The van der Waals surface area contributed by atoms with Crippen molar-refractivity contribution in [3.8, 4) is 0 Å². The van der Waals surface area contributed by atoms with Gasteiger partial charge in [0.15, 0.2) is 15.8 Å². The molecule has 0 aromatic heterocycles. The molecule has 3 rings (SSSR count). The van der Waals surface area contributed by atoms with Crippen molar-refractivity contribution in [1.29, 1.82) is 0 Å². The quantitative estimate of drug-likeness (QED) is 0.594. The van der Waals surface area contributed by atoms with Gasteiger partial charge in [-0.3, -0.25) is 4.99 Å². The predicted octanol–water partition coefficient (Wildman–Crippen LogP) is 2.57. The Labute approximate surface area is 158 Å². The van der Waals surface area contributed by atoms with E-state index >= 15 is 0 Å². The fraction of sp³-hybridized carbons (Fsp3) is 0.611. The first-order valence-corrected chi connectivity index (χ1v) is 11.1. The van der Waals surface area contributed by atoms with E-state index in [0.29, 0.717) is 13.1 Å². The average molecular weight is 428 g/mol. The van der Waals surface area contributed by atoms with Crippen LogP contribution >= 0.6 is 15.9 Å². The Hall–Kier alpha value is -1.08. The Kier molecular flexibility index (Phi) is 4.92. The zero-order chi connectivity index (χ0) is 18.3. The van der Waals surface area contributed by atoms with Crippen LogP contribution in [-0.2, 0) is 15.3 Å². The maximum absolute atomic E-state index is 12.2. The molecule has 5 nitrogen and oxygen atoms in total. The summed E-state index contributed by atoms with van der Waals surface area (Å²) in [5.41, 5.74) is 1.50. The van der Waals surface area contributed by atoms with E-state index in [1.807, 2.05) is 6.07 Å². The first-order valence-electron chi connectivity index (χ1n) is 8.63. The fourth-order valence-corrected chi connectivity index (χ4v) is 5.21. The number of guanidine groups is 1. The lowest BCUT2D eigenvalue weighted by Crippen LogP contribution is -2.57. The van der Waals surface area contributed by atoms with Gasteiger partial charge in [0, 0.05) is 36.6 Å². The second kappa shape index (κ2) is 6.58. The first kappa shape index (κ1) is 18.7. The lowest BCUT2D eigenvalue weighted by molar-refractivity contribution is 0.352. The highest BCUT2D eigenvalue weighted by atomic mass is 79.9. The summed E-state index contributed by atoms with van der Waals surface area (Å²) in [6, 6.07) is 8.49. The fourth-order valence-electron chi connectivity index (χ4n) is 3.44. The Morgan fingerprint density at radius 3 is 2.64 bits per heavy atom. The normalized spacial score (nSPS) is 24.0. The van der Waals surface area contributed by atoms with Crippen LogP contribution in [0.3, 0.4) is 0 Å². The summed E-state index contributed by atoms with van der Waals surface area (Å²) in [5.74, 6) is 0.974. The number of rotatable bonds is 3. The molecule has 2 fully saturated rings. The van der Waals surface area contributed by atoms with Gasteiger partial charge in [-0.1, -0.05) is 28.1 Å². The van der Waals surface area contributed by atoms with E-state index in [1.54, 1.807) is 20.9 Å². The summed E-state index contributed by atoms with van der Waals surface area (Å²) < 4.78 is 24.8. The maximum Gasteiger partial charge on any atom is 0.193 e. The van der Waals surface area contributed by atoms with Crippen LogP contribution in [0.5, 0.6) is 0 Å². The van der Waals surface area contributed by atoms with E-state index in [4.69, 9.17) is 0 Å². The van der Waals surface area contributed by atoms with Gasteiger partial charge in [0.2, 0.25) is 0 Å². The van der Waals surface area contributed by atoms with Crippen molar-refractivity contribution in [3.63, 3.8) is 0 Å². The number of nitrogens with zero attached hydrogens (tertiary/aromatic N) is 2. The highest BCUT2D eigenvalue weighted by Gasteiger charge is 2.45. The van der Waals surface area contributed by atoms with Gasteiger partial charge in [0.1, 0.15) is 0 Å². The number of sulfone groups is 1. The molecule has 1 aromatic carbocycles. The van der Waals surface area contributed by atoms with Crippen LogP contribution in [0.1, 0.15) is 32.3 Å². The van der Waals surface area contributed by atoms with Crippen LogP contribution in [-0.4, -0.2) is 56.5 Å². The molecule has 138 valence electrons. The second-order valence-electron chi connectivity index (χ2n) is 7.69. The van der Waals surface area contributed by atoms with Crippen LogP contribution in [0, 0.1) is 0 Å². The number of benzene rings is 1. The van der Waals surface area contributed by atoms with Crippen LogP contribution in [0.2, 0.25) is 0 Å². The first-order chi connectivity index (χ1) is 11.7. The summed E-state index contributed by atoms with van der Waals surface area (Å²) in [7, 11) is -1.28. The molecule has 25 heavy (non-hydrogen) atoms.